The van der Waals surface area contributed by atoms with Crippen LogP contribution < -0.4 is 4.74 Å². The van der Waals surface area contributed by atoms with Crippen LogP contribution in [0, 0.1) is 0 Å². The third-order valence-electron chi connectivity index (χ3n) is 5.97. The normalized spacial score (nSPS) is 23.8. The lowest BCUT2D eigenvalue weighted by Crippen LogP contribution is -2.41. The molecule has 2 aliphatic heterocycles. The van der Waals surface area contributed by atoms with E-state index in [0.717, 1.165) is 18.5 Å². The van der Waals surface area contributed by atoms with Gasteiger partial charge in [0.15, 0.2) is 0 Å². The van der Waals surface area contributed by atoms with Crippen LogP contribution >= 0.6 is 0 Å². The van der Waals surface area contributed by atoms with E-state index in [2.05, 4.69) is 28.0 Å². The Labute approximate surface area is 140 Å². The van der Waals surface area contributed by atoms with Crippen molar-refractivity contribution in [2.75, 3.05) is 32.9 Å². The number of benzene rings is 1. The van der Waals surface area contributed by atoms with Crippen molar-refractivity contribution in [2.24, 2.45) is 0 Å². The molecule has 126 valence electrons. The van der Waals surface area contributed by atoms with Crippen molar-refractivity contribution >= 4 is 0 Å². The van der Waals surface area contributed by atoms with Crippen molar-refractivity contribution in [3.05, 3.63) is 29.3 Å². The van der Waals surface area contributed by atoms with Crippen LogP contribution in [-0.2, 0) is 12.8 Å². The van der Waals surface area contributed by atoms with Gasteiger partial charge in [0, 0.05) is 32.2 Å². The summed E-state index contributed by atoms with van der Waals surface area (Å²) in [5.41, 5.74) is 3.06. The fraction of sp³-hybridized carbons (Fsp3) is 0.700. The van der Waals surface area contributed by atoms with E-state index in [1.165, 1.54) is 88.7 Å². The predicted octanol–water partition coefficient (Wildman–Crippen LogP) is 3.46. The minimum absolute atomic E-state index is 0.757. The fourth-order valence-electron chi connectivity index (χ4n) is 4.18. The van der Waals surface area contributed by atoms with Crippen LogP contribution in [0.25, 0.3) is 0 Å². The minimum Gasteiger partial charge on any atom is -0.478 e. The molecule has 23 heavy (non-hydrogen) atoms. The van der Waals surface area contributed by atoms with Gasteiger partial charge in [-0.2, -0.15) is 0 Å². The van der Waals surface area contributed by atoms with E-state index in [0.29, 0.717) is 0 Å². The summed E-state index contributed by atoms with van der Waals surface area (Å²) in [4.78, 5) is 5.16. The molecule has 0 bridgehead atoms. The summed E-state index contributed by atoms with van der Waals surface area (Å²) >= 11 is 0. The van der Waals surface area contributed by atoms with Crippen LogP contribution in [0.1, 0.15) is 49.7 Å². The van der Waals surface area contributed by atoms with Gasteiger partial charge in [0.25, 0.3) is 0 Å². The highest BCUT2D eigenvalue weighted by atomic mass is 16.5. The van der Waals surface area contributed by atoms with Crippen LogP contribution in [0.2, 0.25) is 0 Å². The number of nitrogens with zero attached hydrogens (tertiary/aromatic N) is 2. The zero-order valence-electron chi connectivity index (χ0n) is 14.3. The standard InChI is InChI=1S/C20H30N2O/c1-2-11-21(12-3-1)16-23-20-8-7-17-9-13-22(19-5-4-6-19)14-10-18(17)15-20/h7-8,15,19H,1-6,9-14,16H2. The highest BCUT2D eigenvalue weighted by Gasteiger charge is 2.26. The Bertz CT molecular complexity index is 520. The first-order chi connectivity index (χ1) is 11.4. The maximum Gasteiger partial charge on any atom is 0.142 e. The Balaban J connectivity index is 1.35. The molecule has 3 heteroatoms. The number of likely N-dealkylation sites (tertiary alicyclic amines) is 1. The van der Waals surface area contributed by atoms with Crippen molar-refractivity contribution in [1.29, 1.82) is 0 Å². The van der Waals surface area contributed by atoms with E-state index in [1.807, 2.05) is 0 Å². The van der Waals surface area contributed by atoms with E-state index < -0.39 is 0 Å². The molecule has 1 aromatic carbocycles. The molecule has 1 saturated heterocycles. The average molecular weight is 314 g/mol. The van der Waals surface area contributed by atoms with Gasteiger partial charge in [0.1, 0.15) is 12.5 Å². The molecule has 0 atom stereocenters. The van der Waals surface area contributed by atoms with Crippen molar-refractivity contribution in [2.45, 2.75) is 57.4 Å². The average Bonchev–Trinajstić information content (AvgIpc) is 2.75. The number of fused-ring (bicyclic) bond motifs is 1. The van der Waals surface area contributed by atoms with E-state index in [-0.39, 0.29) is 0 Å². The van der Waals surface area contributed by atoms with Gasteiger partial charge in [0.05, 0.1) is 0 Å². The van der Waals surface area contributed by atoms with Gasteiger partial charge in [0.2, 0.25) is 0 Å². The van der Waals surface area contributed by atoms with E-state index in [4.69, 9.17) is 4.74 Å². The van der Waals surface area contributed by atoms with Crippen LogP contribution in [0.3, 0.4) is 0 Å². The molecule has 0 amide bonds. The molecular weight excluding hydrogens is 284 g/mol. The zero-order valence-corrected chi connectivity index (χ0v) is 14.3. The van der Waals surface area contributed by atoms with Gasteiger partial charge in [-0.3, -0.25) is 9.80 Å². The summed E-state index contributed by atoms with van der Waals surface area (Å²) in [5.74, 6) is 1.06. The van der Waals surface area contributed by atoms with Crippen molar-refractivity contribution in [1.82, 2.24) is 9.80 Å². The van der Waals surface area contributed by atoms with Crippen LogP contribution in [0.15, 0.2) is 18.2 Å². The first-order valence-electron chi connectivity index (χ1n) is 9.59. The minimum atomic E-state index is 0.757. The van der Waals surface area contributed by atoms with Gasteiger partial charge >= 0.3 is 0 Å². The fourth-order valence-corrected chi connectivity index (χ4v) is 4.18. The summed E-state index contributed by atoms with van der Waals surface area (Å²) in [6, 6.07) is 7.68. The van der Waals surface area contributed by atoms with Crippen LogP contribution in [0.5, 0.6) is 5.75 Å². The second-order valence-electron chi connectivity index (χ2n) is 7.50. The maximum atomic E-state index is 6.07. The van der Waals surface area contributed by atoms with Gasteiger partial charge in [-0.1, -0.05) is 18.9 Å². The number of hydrogen-bond acceptors (Lipinski definition) is 3. The van der Waals surface area contributed by atoms with Crippen LogP contribution in [-0.4, -0.2) is 48.8 Å². The first-order valence-corrected chi connectivity index (χ1v) is 9.59. The lowest BCUT2D eigenvalue weighted by atomic mass is 9.91. The highest BCUT2D eigenvalue weighted by molar-refractivity contribution is 5.37. The molecule has 1 aromatic rings. The van der Waals surface area contributed by atoms with E-state index in [1.54, 1.807) is 0 Å². The first kappa shape index (κ1) is 15.5. The second kappa shape index (κ2) is 7.23. The van der Waals surface area contributed by atoms with Crippen LogP contribution in [0.4, 0.5) is 0 Å². The Hall–Kier alpha value is -1.06. The van der Waals surface area contributed by atoms with Gasteiger partial charge < -0.3 is 4.74 Å². The Morgan fingerprint density at radius 2 is 1.65 bits per heavy atom. The molecule has 0 unspecified atom stereocenters. The zero-order chi connectivity index (χ0) is 15.5. The third kappa shape index (κ3) is 3.72. The number of ether oxygens (including phenoxy) is 1. The molecule has 1 saturated carbocycles. The topological polar surface area (TPSA) is 15.7 Å². The predicted molar refractivity (Wildman–Crippen MR) is 94.0 cm³/mol. The number of hydrogen-bond donors (Lipinski definition) is 0. The molecule has 0 radical (unpaired) electrons. The van der Waals surface area contributed by atoms with Crippen molar-refractivity contribution < 1.29 is 4.74 Å². The summed E-state index contributed by atoms with van der Waals surface area (Å²) < 4.78 is 6.07. The highest BCUT2D eigenvalue weighted by Crippen LogP contribution is 2.28. The SMILES string of the molecule is c1cc2c(cc1OCN1CCCCC1)CCN(C1CCC1)CC2. The number of rotatable bonds is 4. The second-order valence-corrected chi connectivity index (χ2v) is 7.50. The monoisotopic (exact) mass is 314 g/mol. The Morgan fingerprint density at radius 1 is 0.870 bits per heavy atom. The van der Waals surface area contributed by atoms with Crippen molar-refractivity contribution in [3.63, 3.8) is 0 Å². The largest absolute Gasteiger partial charge is 0.478 e. The molecule has 2 fully saturated rings. The lowest BCUT2D eigenvalue weighted by molar-refractivity contribution is 0.106. The molecular formula is C20H30N2O. The Morgan fingerprint density at radius 3 is 2.39 bits per heavy atom. The lowest BCUT2D eigenvalue weighted by Gasteiger charge is -2.36. The van der Waals surface area contributed by atoms with Gasteiger partial charge in [-0.15, -0.1) is 0 Å². The smallest absolute Gasteiger partial charge is 0.142 e. The molecule has 3 aliphatic rings. The maximum absolute atomic E-state index is 6.07. The van der Waals surface area contributed by atoms with E-state index in [9.17, 15) is 0 Å². The summed E-state index contributed by atoms with van der Waals surface area (Å²) in [5, 5.41) is 0. The summed E-state index contributed by atoms with van der Waals surface area (Å²) in [6.45, 7) is 5.62. The van der Waals surface area contributed by atoms with Gasteiger partial charge in [-0.25, -0.2) is 0 Å². The molecule has 4 rings (SSSR count). The molecule has 0 N–H and O–H groups in total. The molecule has 3 nitrogen and oxygen atoms in total. The molecule has 2 heterocycles. The summed E-state index contributed by atoms with van der Waals surface area (Å²) in [6.07, 6.45) is 10.7. The quantitative estimate of drug-likeness (QED) is 0.846. The molecule has 1 aliphatic carbocycles. The molecule has 0 spiro atoms. The molecule has 0 aromatic heterocycles. The van der Waals surface area contributed by atoms with Crippen molar-refractivity contribution in [3.8, 4) is 5.75 Å². The van der Waals surface area contributed by atoms with E-state index >= 15 is 0 Å². The Kier molecular flexibility index (Phi) is 4.86. The van der Waals surface area contributed by atoms with Gasteiger partial charge in [-0.05, 0) is 61.8 Å². The third-order valence-corrected chi connectivity index (χ3v) is 5.97. The number of piperidine rings is 1. The summed E-state index contributed by atoms with van der Waals surface area (Å²) in [7, 11) is 0.